The molecule has 3 amide bonds. The third-order valence-corrected chi connectivity index (χ3v) is 5.10. The van der Waals surface area contributed by atoms with Crippen molar-refractivity contribution in [2.75, 3.05) is 5.32 Å². The molecule has 7 nitrogen and oxygen atoms in total. The van der Waals surface area contributed by atoms with Crippen LogP contribution in [0.25, 0.3) is 10.9 Å². The summed E-state index contributed by atoms with van der Waals surface area (Å²) in [5.74, 6) is -0.967. The number of fused-ring (bicyclic) bond motifs is 1. The average molecular weight is 408 g/mol. The maximum absolute atomic E-state index is 12.3. The molecule has 0 bridgehead atoms. The van der Waals surface area contributed by atoms with Gasteiger partial charge < -0.3 is 5.32 Å². The standard InChI is InChI=1S/C21H20N4O3S/c1-13(29-17-10-8-16(9-11-17)22-14(2)26)20(27)24-25-21(28)19-12-7-15-5-3-4-6-18(15)23-19/h3-13H,1-2H3,(H,22,26)(H,24,27)(H,25,28). The van der Waals surface area contributed by atoms with Gasteiger partial charge in [0.1, 0.15) is 5.69 Å². The minimum atomic E-state index is -0.485. The summed E-state index contributed by atoms with van der Waals surface area (Å²) >= 11 is 1.34. The Balaban J connectivity index is 1.53. The van der Waals surface area contributed by atoms with E-state index in [1.165, 1.54) is 18.7 Å². The molecule has 1 atom stereocenters. The first-order valence-electron chi connectivity index (χ1n) is 8.92. The lowest BCUT2D eigenvalue weighted by molar-refractivity contribution is -0.121. The van der Waals surface area contributed by atoms with E-state index in [2.05, 4.69) is 21.2 Å². The molecule has 0 aliphatic rings. The van der Waals surface area contributed by atoms with Crippen LogP contribution in [0.5, 0.6) is 0 Å². The number of aromatic nitrogens is 1. The van der Waals surface area contributed by atoms with Gasteiger partial charge in [-0.2, -0.15) is 0 Å². The molecule has 1 aromatic heterocycles. The van der Waals surface area contributed by atoms with E-state index in [1.54, 1.807) is 25.1 Å². The smallest absolute Gasteiger partial charge is 0.288 e. The molecule has 1 heterocycles. The van der Waals surface area contributed by atoms with E-state index in [0.717, 1.165) is 10.3 Å². The number of hydrogen-bond acceptors (Lipinski definition) is 5. The Kier molecular flexibility index (Phi) is 6.46. The fourth-order valence-corrected chi connectivity index (χ4v) is 3.42. The Bertz CT molecular complexity index is 1050. The minimum absolute atomic E-state index is 0.144. The number of thioether (sulfide) groups is 1. The predicted octanol–water partition coefficient (Wildman–Crippen LogP) is 3.14. The molecule has 0 radical (unpaired) electrons. The first kappa shape index (κ1) is 20.3. The van der Waals surface area contributed by atoms with Crippen LogP contribution in [0, 0.1) is 0 Å². The van der Waals surface area contributed by atoms with Gasteiger partial charge in [-0.3, -0.25) is 25.2 Å². The fraction of sp³-hybridized carbons (Fsp3) is 0.143. The summed E-state index contributed by atoms with van der Waals surface area (Å²) in [6.45, 7) is 3.18. The Labute approximate surface area is 172 Å². The fourth-order valence-electron chi connectivity index (χ4n) is 2.55. The van der Waals surface area contributed by atoms with Crippen molar-refractivity contribution < 1.29 is 14.4 Å². The molecular formula is C21H20N4O3S. The van der Waals surface area contributed by atoms with Crippen molar-refractivity contribution in [1.29, 1.82) is 0 Å². The maximum Gasteiger partial charge on any atom is 0.288 e. The second-order valence-corrected chi connectivity index (χ2v) is 7.71. The molecule has 3 rings (SSSR count). The molecule has 0 saturated heterocycles. The van der Waals surface area contributed by atoms with E-state index in [4.69, 9.17) is 0 Å². The SMILES string of the molecule is CC(=O)Nc1ccc(SC(C)C(=O)NNC(=O)c2ccc3ccccc3n2)cc1. The molecule has 148 valence electrons. The summed E-state index contributed by atoms with van der Waals surface area (Å²) in [5, 5.41) is 3.18. The number of para-hydroxylation sites is 1. The van der Waals surface area contributed by atoms with Crippen molar-refractivity contribution in [3.63, 3.8) is 0 Å². The van der Waals surface area contributed by atoms with Gasteiger partial charge in [0.2, 0.25) is 5.91 Å². The van der Waals surface area contributed by atoms with Crippen LogP contribution < -0.4 is 16.2 Å². The van der Waals surface area contributed by atoms with Crippen LogP contribution in [0.3, 0.4) is 0 Å². The lowest BCUT2D eigenvalue weighted by Crippen LogP contribution is -2.45. The Hall–Kier alpha value is -3.39. The summed E-state index contributed by atoms with van der Waals surface area (Å²) in [6, 6.07) is 18.1. The minimum Gasteiger partial charge on any atom is -0.326 e. The van der Waals surface area contributed by atoms with Crippen molar-refractivity contribution in [2.45, 2.75) is 24.0 Å². The molecule has 0 saturated carbocycles. The summed E-state index contributed by atoms with van der Waals surface area (Å²) < 4.78 is 0. The second-order valence-electron chi connectivity index (χ2n) is 6.30. The van der Waals surface area contributed by atoms with Gasteiger partial charge in [-0.1, -0.05) is 24.3 Å². The Morgan fingerprint density at radius 1 is 0.931 bits per heavy atom. The van der Waals surface area contributed by atoms with Crippen molar-refractivity contribution in [3.8, 4) is 0 Å². The Morgan fingerprint density at radius 2 is 1.66 bits per heavy atom. The van der Waals surface area contributed by atoms with Gasteiger partial charge in [0.15, 0.2) is 0 Å². The first-order chi connectivity index (χ1) is 13.9. The highest BCUT2D eigenvalue weighted by molar-refractivity contribution is 8.00. The molecule has 3 aromatic rings. The second kappa shape index (κ2) is 9.20. The number of benzene rings is 2. The molecule has 2 aromatic carbocycles. The van der Waals surface area contributed by atoms with Gasteiger partial charge in [-0.05, 0) is 43.3 Å². The molecule has 0 aliphatic carbocycles. The number of nitrogens with one attached hydrogen (secondary N) is 3. The highest BCUT2D eigenvalue weighted by Gasteiger charge is 2.16. The van der Waals surface area contributed by atoms with Gasteiger partial charge >= 0.3 is 0 Å². The molecule has 0 spiro atoms. The van der Waals surface area contributed by atoms with Crippen LogP contribution >= 0.6 is 11.8 Å². The number of rotatable bonds is 5. The topological polar surface area (TPSA) is 100 Å². The molecular weight excluding hydrogens is 388 g/mol. The van der Waals surface area contributed by atoms with Crippen molar-refractivity contribution in [3.05, 3.63) is 66.4 Å². The predicted molar refractivity (Wildman–Crippen MR) is 113 cm³/mol. The zero-order chi connectivity index (χ0) is 20.8. The van der Waals surface area contributed by atoms with Crippen molar-refractivity contribution in [2.24, 2.45) is 0 Å². The molecule has 8 heteroatoms. The van der Waals surface area contributed by atoms with E-state index >= 15 is 0 Å². The number of amides is 3. The third kappa shape index (κ3) is 5.55. The highest BCUT2D eigenvalue weighted by atomic mass is 32.2. The first-order valence-corrected chi connectivity index (χ1v) is 9.80. The molecule has 0 aliphatic heterocycles. The zero-order valence-electron chi connectivity index (χ0n) is 15.9. The molecule has 1 unspecified atom stereocenters. The zero-order valence-corrected chi connectivity index (χ0v) is 16.7. The van der Waals surface area contributed by atoms with Gasteiger partial charge in [-0.15, -0.1) is 11.8 Å². The van der Waals surface area contributed by atoms with Crippen LogP contribution in [0.1, 0.15) is 24.3 Å². The van der Waals surface area contributed by atoms with E-state index in [-0.39, 0.29) is 17.5 Å². The normalized spacial score (nSPS) is 11.5. The number of hydrazine groups is 1. The molecule has 29 heavy (non-hydrogen) atoms. The number of anilines is 1. The number of carbonyl (C=O) groups is 3. The monoisotopic (exact) mass is 408 g/mol. The van der Waals surface area contributed by atoms with Gasteiger partial charge in [0.05, 0.1) is 10.8 Å². The lowest BCUT2D eigenvalue weighted by atomic mass is 10.2. The number of nitrogens with zero attached hydrogens (tertiary/aromatic N) is 1. The number of pyridine rings is 1. The van der Waals surface area contributed by atoms with Crippen LogP contribution in [0.2, 0.25) is 0 Å². The highest BCUT2D eigenvalue weighted by Crippen LogP contribution is 2.24. The largest absolute Gasteiger partial charge is 0.326 e. The average Bonchev–Trinajstić information content (AvgIpc) is 2.72. The van der Waals surface area contributed by atoms with E-state index in [0.29, 0.717) is 11.2 Å². The third-order valence-electron chi connectivity index (χ3n) is 3.99. The van der Waals surface area contributed by atoms with Gasteiger partial charge in [0.25, 0.3) is 11.8 Å². The summed E-state index contributed by atoms with van der Waals surface area (Å²) in [4.78, 5) is 40.8. The lowest BCUT2D eigenvalue weighted by Gasteiger charge is -2.13. The number of carbonyl (C=O) groups excluding carboxylic acids is 3. The van der Waals surface area contributed by atoms with Crippen molar-refractivity contribution >= 4 is 46.1 Å². The number of hydrogen-bond donors (Lipinski definition) is 3. The summed E-state index contributed by atoms with van der Waals surface area (Å²) in [5.41, 5.74) is 6.45. The van der Waals surface area contributed by atoms with Gasteiger partial charge in [-0.25, -0.2) is 4.98 Å². The Morgan fingerprint density at radius 3 is 2.38 bits per heavy atom. The quantitative estimate of drug-likeness (QED) is 0.445. The van der Waals surface area contributed by atoms with Gasteiger partial charge in [0, 0.05) is 22.9 Å². The van der Waals surface area contributed by atoms with Crippen LogP contribution in [0.15, 0.2) is 65.6 Å². The van der Waals surface area contributed by atoms with Crippen molar-refractivity contribution in [1.82, 2.24) is 15.8 Å². The molecule has 3 N–H and O–H groups in total. The van der Waals surface area contributed by atoms with Crippen LogP contribution in [-0.4, -0.2) is 28.0 Å². The van der Waals surface area contributed by atoms with E-state index in [1.807, 2.05) is 42.5 Å². The summed E-state index contributed by atoms with van der Waals surface area (Å²) in [7, 11) is 0. The van der Waals surface area contributed by atoms with E-state index in [9.17, 15) is 14.4 Å². The van der Waals surface area contributed by atoms with E-state index < -0.39 is 11.2 Å². The van der Waals surface area contributed by atoms with Crippen LogP contribution in [-0.2, 0) is 9.59 Å². The van der Waals surface area contributed by atoms with Crippen LogP contribution in [0.4, 0.5) is 5.69 Å². The molecule has 0 fully saturated rings. The maximum atomic E-state index is 12.3. The summed E-state index contributed by atoms with van der Waals surface area (Å²) in [6.07, 6.45) is 0.